The minimum atomic E-state index is 1.10. The van der Waals surface area contributed by atoms with Gasteiger partial charge in [-0.05, 0) is 145 Å². The molecule has 0 aliphatic carbocycles. The highest BCUT2D eigenvalue weighted by atomic mass is 15.1. The lowest BCUT2D eigenvalue weighted by molar-refractivity contribution is 1.18. The zero-order valence-electron chi connectivity index (χ0n) is 36.3. The summed E-state index contributed by atoms with van der Waals surface area (Å²) in [6, 6.07) is 96.9. The second kappa shape index (κ2) is 16.8. The molecule has 12 rings (SSSR count). The molecule has 310 valence electrons. The van der Waals surface area contributed by atoms with Crippen LogP contribution in [0.25, 0.3) is 93.9 Å². The number of aromatic nitrogens is 1. The van der Waals surface area contributed by atoms with Gasteiger partial charge in [0.2, 0.25) is 0 Å². The Balaban J connectivity index is 0.969. The average Bonchev–Trinajstić information content (AvgIpc) is 3.73. The van der Waals surface area contributed by atoms with Crippen LogP contribution < -0.4 is 4.90 Å². The predicted molar refractivity (Wildman–Crippen MR) is 280 cm³/mol. The van der Waals surface area contributed by atoms with E-state index in [0.29, 0.717) is 0 Å². The molecule has 0 saturated carbocycles. The summed E-state index contributed by atoms with van der Waals surface area (Å²) in [4.78, 5) is 2.35. The van der Waals surface area contributed by atoms with Gasteiger partial charge < -0.3 is 9.47 Å². The molecule has 2 heteroatoms. The zero-order chi connectivity index (χ0) is 43.8. The minimum absolute atomic E-state index is 1.10. The van der Waals surface area contributed by atoms with Crippen LogP contribution in [0.15, 0.2) is 267 Å². The van der Waals surface area contributed by atoms with E-state index in [4.69, 9.17) is 0 Å². The van der Waals surface area contributed by atoms with Gasteiger partial charge in [0.15, 0.2) is 0 Å². The van der Waals surface area contributed by atoms with Gasteiger partial charge in [-0.3, -0.25) is 0 Å². The third-order valence-corrected chi connectivity index (χ3v) is 12.9. The molecule has 0 aliphatic heterocycles. The van der Waals surface area contributed by atoms with Crippen molar-refractivity contribution in [3.05, 3.63) is 267 Å². The molecule has 0 atom stereocenters. The van der Waals surface area contributed by atoms with E-state index in [1.807, 2.05) is 0 Å². The lowest BCUT2D eigenvalue weighted by atomic mass is 9.93. The summed E-state index contributed by atoms with van der Waals surface area (Å²) in [6.07, 6.45) is 0. The van der Waals surface area contributed by atoms with Crippen LogP contribution in [-0.2, 0) is 0 Å². The molecule has 0 N–H and O–H groups in total. The minimum Gasteiger partial charge on any atom is -0.310 e. The first kappa shape index (κ1) is 38.9. The van der Waals surface area contributed by atoms with Gasteiger partial charge in [-0.2, -0.15) is 0 Å². The van der Waals surface area contributed by atoms with Gasteiger partial charge in [-0.25, -0.2) is 0 Å². The van der Waals surface area contributed by atoms with Crippen LogP contribution in [0.4, 0.5) is 17.1 Å². The molecule has 0 unspecified atom stereocenters. The monoisotopic (exact) mass is 840 g/mol. The van der Waals surface area contributed by atoms with Crippen LogP contribution >= 0.6 is 0 Å². The topological polar surface area (TPSA) is 8.17 Å². The molecule has 0 aliphatic rings. The van der Waals surface area contributed by atoms with Crippen molar-refractivity contribution in [1.29, 1.82) is 0 Å². The van der Waals surface area contributed by atoms with Crippen LogP contribution in [0.1, 0.15) is 0 Å². The fraction of sp³-hybridized carbons (Fsp3) is 0. The Bertz CT molecular complexity index is 3680. The quantitative estimate of drug-likeness (QED) is 0.141. The average molecular weight is 841 g/mol. The lowest BCUT2D eigenvalue weighted by Gasteiger charge is -2.26. The number of benzene rings is 11. The molecule has 11 aromatic carbocycles. The van der Waals surface area contributed by atoms with Gasteiger partial charge in [0.05, 0.1) is 11.0 Å². The van der Waals surface area contributed by atoms with Gasteiger partial charge in [-0.15, -0.1) is 0 Å². The summed E-state index contributed by atoms with van der Waals surface area (Å²) < 4.78 is 2.45. The molecule has 1 heterocycles. The molecule has 0 radical (unpaired) electrons. The molecule has 1 aromatic heterocycles. The van der Waals surface area contributed by atoms with E-state index >= 15 is 0 Å². The van der Waals surface area contributed by atoms with E-state index in [0.717, 1.165) is 28.3 Å². The van der Waals surface area contributed by atoms with Crippen molar-refractivity contribution in [2.75, 3.05) is 4.90 Å². The van der Waals surface area contributed by atoms with Gasteiger partial charge in [0.1, 0.15) is 0 Å². The highest BCUT2D eigenvalue weighted by Crippen LogP contribution is 2.42. The Hall–Kier alpha value is -8.72. The van der Waals surface area contributed by atoms with Gasteiger partial charge >= 0.3 is 0 Å². The highest BCUT2D eigenvalue weighted by molar-refractivity contribution is 6.11. The number of fused-ring (bicyclic) bond motifs is 4. The molecule has 12 aromatic rings. The maximum Gasteiger partial charge on any atom is 0.0541 e. The first-order valence-electron chi connectivity index (χ1n) is 22.7. The molecule has 0 fully saturated rings. The van der Waals surface area contributed by atoms with Crippen LogP contribution in [0, 0.1) is 0 Å². The van der Waals surface area contributed by atoms with Crippen LogP contribution in [-0.4, -0.2) is 4.57 Å². The van der Waals surface area contributed by atoms with Gasteiger partial charge in [-0.1, -0.05) is 188 Å². The maximum absolute atomic E-state index is 2.45. The van der Waals surface area contributed by atoms with Gasteiger partial charge in [0.25, 0.3) is 0 Å². The van der Waals surface area contributed by atoms with Crippen molar-refractivity contribution < 1.29 is 0 Å². The molecule has 2 nitrogen and oxygen atoms in total. The molecule has 0 spiro atoms. The first-order valence-corrected chi connectivity index (χ1v) is 22.7. The smallest absolute Gasteiger partial charge is 0.0541 e. The predicted octanol–water partition coefficient (Wildman–Crippen LogP) is 17.7. The van der Waals surface area contributed by atoms with E-state index in [1.165, 1.54) is 82.6 Å². The van der Waals surface area contributed by atoms with Crippen molar-refractivity contribution in [2.45, 2.75) is 0 Å². The van der Waals surface area contributed by atoms with Crippen molar-refractivity contribution >= 4 is 49.6 Å². The summed E-state index contributed by atoms with van der Waals surface area (Å²) in [5.74, 6) is 0. The fourth-order valence-corrected chi connectivity index (χ4v) is 9.75. The molecular formula is C64H44N2. The lowest BCUT2D eigenvalue weighted by Crippen LogP contribution is -2.09. The van der Waals surface area contributed by atoms with E-state index in [1.54, 1.807) is 0 Å². The number of rotatable bonds is 9. The highest BCUT2D eigenvalue weighted by Gasteiger charge is 2.18. The molecule has 0 saturated heterocycles. The van der Waals surface area contributed by atoms with E-state index in [2.05, 4.69) is 276 Å². The second-order valence-electron chi connectivity index (χ2n) is 17.0. The SMILES string of the molecule is c1ccc(-c2ccc(N(c3ccccc3)c3cccc(-c4ccccc4-c4ccc5c(c4)c4ccccc4n5-c4cc(-c5ccccc5)cc(-c5ccc6ccccc6c5)c4)c3)cc2)cc1. The summed E-state index contributed by atoms with van der Waals surface area (Å²) >= 11 is 0. The van der Waals surface area contributed by atoms with Crippen molar-refractivity contribution in [1.82, 2.24) is 4.57 Å². The Morgan fingerprint density at radius 1 is 0.242 bits per heavy atom. The third-order valence-electron chi connectivity index (χ3n) is 12.9. The van der Waals surface area contributed by atoms with E-state index < -0.39 is 0 Å². The summed E-state index contributed by atoms with van der Waals surface area (Å²) in [5, 5.41) is 4.92. The number of nitrogens with zero attached hydrogens (tertiary/aromatic N) is 2. The number of para-hydroxylation sites is 2. The van der Waals surface area contributed by atoms with E-state index in [-0.39, 0.29) is 0 Å². The standard InChI is InChI=1S/C64H44N2/c1-4-17-45(18-5-1)48-33-36-56(37-34-48)65(55-24-8-3-9-25-55)57-26-16-23-51(41-57)59-27-12-13-28-60(59)52-35-38-64-62(44-52)61-29-14-15-30-63(61)66(64)58-42-53(46-19-6-2-7-20-46)40-54(43-58)50-32-31-47-21-10-11-22-49(47)39-50/h1-44H. The Kier molecular flexibility index (Phi) is 9.89. The molecular weight excluding hydrogens is 797 g/mol. The Morgan fingerprint density at radius 2 is 0.742 bits per heavy atom. The molecule has 66 heavy (non-hydrogen) atoms. The Labute approximate surface area is 385 Å². The van der Waals surface area contributed by atoms with Crippen LogP contribution in [0.3, 0.4) is 0 Å². The van der Waals surface area contributed by atoms with Crippen molar-refractivity contribution in [2.24, 2.45) is 0 Å². The third kappa shape index (κ3) is 7.21. The molecule has 0 bridgehead atoms. The van der Waals surface area contributed by atoms with Gasteiger partial charge in [0, 0.05) is 33.5 Å². The summed E-state index contributed by atoms with van der Waals surface area (Å²) in [7, 11) is 0. The maximum atomic E-state index is 2.45. The zero-order valence-corrected chi connectivity index (χ0v) is 36.3. The normalized spacial score (nSPS) is 11.3. The summed E-state index contributed by atoms with van der Waals surface area (Å²) in [6.45, 7) is 0. The number of hydrogen-bond acceptors (Lipinski definition) is 1. The Morgan fingerprint density at radius 3 is 1.48 bits per heavy atom. The van der Waals surface area contributed by atoms with Crippen LogP contribution in [0.2, 0.25) is 0 Å². The second-order valence-corrected chi connectivity index (χ2v) is 17.0. The summed E-state index contributed by atoms with van der Waals surface area (Å²) in [5.41, 5.74) is 18.7. The largest absolute Gasteiger partial charge is 0.310 e. The molecule has 0 amide bonds. The van der Waals surface area contributed by atoms with E-state index in [9.17, 15) is 0 Å². The number of hydrogen-bond donors (Lipinski definition) is 0. The first-order chi connectivity index (χ1) is 32.7. The fourth-order valence-electron chi connectivity index (χ4n) is 9.75. The number of anilines is 3. The van der Waals surface area contributed by atoms with Crippen molar-refractivity contribution in [3.8, 4) is 61.3 Å². The van der Waals surface area contributed by atoms with Crippen molar-refractivity contribution in [3.63, 3.8) is 0 Å². The van der Waals surface area contributed by atoms with Crippen LogP contribution in [0.5, 0.6) is 0 Å².